The van der Waals surface area contributed by atoms with Gasteiger partial charge in [0.25, 0.3) is 0 Å². The van der Waals surface area contributed by atoms with Crippen LogP contribution in [0.4, 0.5) is 0 Å². The Kier molecular flexibility index (Phi) is 7.04. The first kappa shape index (κ1) is 22.9. The van der Waals surface area contributed by atoms with E-state index in [1.54, 1.807) is 0 Å². The van der Waals surface area contributed by atoms with Crippen LogP contribution in [0.1, 0.15) is 109 Å². The van der Waals surface area contributed by atoms with Crippen LogP contribution in [0.15, 0.2) is 36.7 Å². The lowest BCUT2D eigenvalue weighted by molar-refractivity contribution is -0.152. The van der Waals surface area contributed by atoms with Gasteiger partial charge in [0.1, 0.15) is 11.6 Å². The molecule has 2 bridgehead atoms. The molecule has 4 fully saturated rings. The lowest BCUT2D eigenvalue weighted by atomic mass is 9.34. The second-order valence-corrected chi connectivity index (χ2v) is 11.4. The van der Waals surface area contributed by atoms with Crippen LogP contribution in [0.2, 0.25) is 0 Å². The van der Waals surface area contributed by atoms with Crippen LogP contribution in [-0.4, -0.2) is 16.6 Å². The summed E-state index contributed by atoms with van der Waals surface area (Å²) in [5.74, 6) is 3.08. The number of unbranched alkanes of at least 4 members (excludes halogenated alkanes) is 6. The predicted molar refractivity (Wildman–Crippen MR) is 135 cm³/mol. The monoisotopic (exact) mass is 446 g/mol. The van der Waals surface area contributed by atoms with E-state index in [9.17, 15) is 0 Å². The van der Waals surface area contributed by atoms with E-state index >= 15 is 0 Å². The summed E-state index contributed by atoms with van der Waals surface area (Å²) in [4.78, 5) is 9.63. The van der Waals surface area contributed by atoms with E-state index < -0.39 is 0 Å². The van der Waals surface area contributed by atoms with Gasteiger partial charge in [0, 0.05) is 23.4 Å². The normalized spacial score (nSPS) is 25.4. The molecule has 33 heavy (non-hydrogen) atoms. The number of rotatable bonds is 15. The van der Waals surface area contributed by atoms with Crippen molar-refractivity contribution in [1.82, 2.24) is 9.97 Å². The van der Waals surface area contributed by atoms with Crippen molar-refractivity contribution in [2.75, 3.05) is 6.61 Å². The standard InChI is InChI=1S/C30H42N2O/c1-2-3-4-5-6-8-17-29-21-30(22-29,23-29)28-31-19-26(20-32-28)25-13-15-27(16-14-25)33-18-9-7-10-24-11-12-24/h13-16,19-20,24H,2-12,17-18,21-23H2,1H3. The van der Waals surface area contributed by atoms with Crippen molar-refractivity contribution in [1.29, 1.82) is 0 Å². The third-order valence-electron chi connectivity index (χ3n) is 8.49. The molecule has 4 aliphatic rings. The average Bonchev–Trinajstić information content (AvgIpc) is 3.61. The second kappa shape index (κ2) is 10.2. The quantitative estimate of drug-likeness (QED) is 0.258. The molecular weight excluding hydrogens is 404 g/mol. The lowest BCUT2D eigenvalue weighted by Crippen LogP contribution is -2.65. The number of aromatic nitrogens is 2. The van der Waals surface area contributed by atoms with Crippen LogP contribution in [0, 0.1) is 11.3 Å². The molecule has 6 rings (SSSR count). The number of hydrogen-bond acceptors (Lipinski definition) is 3. The SMILES string of the molecule is CCCCCCCCC12CC(c3ncc(-c4ccc(OCCCCC5CC5)cc4)cn3)(C1)C2. The van der Waals surface area contributed by atoms with Gasteiger partial charge in [-0.2, -0.15) is 0 Å². The molecule has 1 aromatic carbocycles. The molecule has 4 saturated carbocycles. The Morgan fingerprint density at radius 1 is 0.818 bits per heavy atom. The number of hydrogen-bond donors (Lipinski definition) is 0. The number of benzene rings is 1. The van der Waals surface area contributed by atoms with E-state index in [-0.39, 0.29) is 0 Å². The Morgan fingerprint density at radius 2 is 1.52 bits per heavy atom. The maximum atomic E-state index is 5.92. The van der Waals surface area contributed by atoms with Crippen molar-refractivity contribution in [2.24, 2.45) is 11.3 Å². The van der Waals surface area contributed by atoms with Crippen molar-refractivity contribution in [3.63, 3.8) is 0 Å². The molecule has 0 spiro atoms. The van der Waals surface area contributed by atoms with Crippen LogP contribution in [0.25, 0.3) is 11.1 Å². The highest BCUT2D eigenvalue weighted by molar-refractivity contribution is 5.62. The van der Waals surface area contributed by atoms with Gasteiger partial charge >= 0.3 is 0 Å². The van der Waals surface area contributed by atoms with Crippen molar-refractivity contribution >= 4 is 0 Å². The number of ether oxygens (including phenoxy) is 1. The molecule has 0 radical (unpaired) electrons. The number of nitrogens with zero attached hydrogens (tertiary/aromatic N) is 2. The Hall–Kier alpha value is -1.90. The van der Waals surface area contributed by atoms with Gasteiger partial charge in [-0.15, -0.1) is 0 Å². The molecule has 2 aromatic rings. The molecule has 3 nitrogen and oxygen atoms in total. The largest absolute Gasteiger partial charge is 0.494 e. The summed E-state index contributed by atoms with van der Waals surface area (Å²) in [7, 11) is 0. The Morgan fingerprint density at radius 3 is 2.21 bits per heavy atom. The Bertz CT molecular complexity index is 865. The van der Waals surface area contributed by atoms with E-state index in [0.29, 0.717) is 10.8 Å². The van der Waals surface area contributed by atoms with Crippen molar-refractivity contribution < 1.29 is 4.74 Å². The molecule has 4 aliphatic carbocycles. The molecule has 0 saturated heterocycles. The zero-order valence-electron chi connectivity index (χ0n) is 20.7. The minimum absolute atomic E-state index is 0.304. The third kappa shape index (κ3) is 5.44. The summed E-state index contributed by atoms with van der Waals surface area (Å²) in [5.41, 5.74) is 3.21. The van der Waals surface area contributed by atoms with Crippen LogP contribution < -0.4 is 4.74 Å². The first-order chi connectivity index (χ1) is 16.2. The molecule has 1 aromatic heterocycles. The first-order valence-electron chi connectivity index (χ1n) is 13.8. The van der Waals surface area contributed by atoms with Gasteiger partial charge in [0.05, 0.1) is 6.61 Å². The fraction of sp³-hybridized carbons (Fsp3) is 0.667. The summed E-state index contributed by atoms with van der Waals surface area (Å²) >= 11 is 0. The summed E-state index contributed by atoms with van der Waals surface area (Å²) in [5, 5.41) is 0. The summed E-state index contributed by atoms with van der Waals surface area (Å²) < 4.78 is 5.92. The minimum Gasteiger partial charge on any atom is -0.494 e. The van der Waals surface area contributed by atoms with E-state index in [2.05, 4.69) is 31.2 Å². The average molecular weight is 447 g/mol. The zero-order valence-corrected chi connectivity index (χ0v) is 20.7. The highest BCUT2D eigenvalue weighted by Gasteiger charge is 2.68. The highest BCUT2D eigenvalue weighted by atomic mass is 16.5. The Labute approximate surface area is 200 Å². The van der Waals surface area contributed by atoms with E-state index in [1.807, 2.05) is 12.4 Å². The van der Waals surface area contributed by atoms with Crippen LogP contribution in [-0.2, 0) is 5.41 Å². The van der Waals surface area contributed by atoms with Gasteiger partial charge in [-0.05, 0) is 67.6 Å². The molecule has 0 amide bonds. The first-order valence-corrected chi connectivity index (χ1v) is 13.8. The van der Waals surface area contributed by atoms with Gasteiger partial charge in [-0.1, -0.05) is 76.8 Å². The lowest BCUT2D eigenvalue weighted by Gasteiger charge is -2.70. The van der Waals surface area contributed by atoms with Crippen LogP contribution in [0.3, 0.4) is 0 Å². The van der Waals surface area contributed by atoms with Gasteiger partial charge in [-0.25, -0.2) is 9.97 Å². The second-order valence-electron chi connectivity index (χ2n) is 11.4. The topological polar surface area (TPSA) is 35.0 Å². The molecule has 0 unspecified atom stereocenters. The summed E-state index contributed by atoms with van der Waals surface area (Å²) in [6.45, 7) is 3.12. The van der Waals surface area contributed by atoms with E-state index in [1.165, 1.54) is 95.5 Å². The molecule has 0 aliphatic heterocycles. The maximum absolute atomic E-state index is 5.92. The summed E-state index contributed by atoms with van der Waals surface area (Å²) in [6.07, 6.45) is 24.6. The van der Waals surface area contributed by atoms with Gasteiger partial charge in [-0.3, -0.25) is 0 Å². The fourth-order valence-corrected chi connectivity index (χ4v) is 6.41. The molecule has 0 N–H and O–H groups in total. The maximum Gasteiger partial charge on any atom is 0.134 e. The third-order valence-corrected chi connectivity index (χ3v) is 8.49. The van der Waals surface area contributed by atoms with Crippen LogP contribution >= 0.6 is 0 Å². The molecule has 0 atom stereocenters. The zero-order chi connectivity index (χ0) is 22.6. The Balaban J connectivity index is 1.04. The summed E-state index contributed by atoms with van der Waals surface area (Å²) in [6, 6.07) is 8.43. The molecule has 178 valence electrons. The highest BCUT2D eigenvalue weighted by Crippen LogP contribution is 2.74. The van der Waals surface area contributed by atoms with Crippen LogP contribution in [0.5, 0.6) is 5.75 Å². The fourth-order valence-electron chi connectivity index (χ4n) is 6.41. The minimum atomic E-state index is 0.304. The molecule has 3 heteroatoms. The van der Waals surface area contributed by atoms with Crippen molar-refractivity contribution in [2.45, 2.75) is 109 Å². The van der Waals surface area contributed by atoms with Crippen molar-refractivity contribution in [3.8, 4) is 16.9 Å². The smallest absolute Gasteiger partial charge is 0.134 e. The molecular formula is C30H42N2O. The van der Waals surface area contributed by atoms with E-state index in [0.717, 1.165) is 36.1 Å². The van der Waals surface area contributed by atoms with Crippen molar-refractivity contribution in [3.05, 3.63) is 42.5 Å². The van der Waals surface area contributed by atoms with E-state index in [4.69, 9.17) is 14.7 Å². The van der Waals surface area contributed by atoms with Gasteiger partial charge in [0.2, 0.25) is 0 Å². The molecule has 1 heterocycles. The predicted octanol–water partition coefficient (Wildman–Crippen LogP) is 8.28. The van der Waals surface area contributed by atoms with Gasteiger partial charge in [0.15, 0.2) is 0 Å². The van der Waals surface area contributed by atoms with Gasteiger partial charge < -0.3 is 4.74 Å².